The van der Waals surface area contributed by atoms with E-state index in [1.807, 2.05) is 68.4 Å². The molecule has 0 bridgehead atoms. The summed E-state index contributed by atoms with van der Waals surface area (Å²) in [5.74, 6) is 2.18. The van der Waals surface area contributed by atoms with Crippen LogP contribution in [0.5, 0.6) is 0 Å². The number of urea groups is 1. The Morgan fingerprint density at radius 3 is 2.57 bits per heavy atom. The van der Waals surface area contributed by atoms with Gasteiger partial charge in [-0.3, -0.25) is 9.59 Å². The standard InChI is InChI=1S/C28H32BrN5O3/c1-4-14-32-19-25(35)33-24(34(32)28(37)30-16-21-10-7-6-8-11-21)18-31(27(36)26(33)20(3)5-2)17-22-12-9-13-23(29)15-22/h1,6-13,15,20,24,26H,5,14,16-19H2,2-3H3,(H,30,37)/t20?,24-,26-/m0/s1. The Labute approximate surface area is 226 Å². The van der Waals surface area contributed by atoms with E-state index in [4.69, 9.17) is 6.42 Å². The summed E-state index contributed by atoms with van der Waals surface area (Å²) in [7, 11) is 0. The molecular weight excluding hydrogens is 534 g/mol. The van der Waals surface area contributed by atoms with Gasteiger partial charge in [-0.2, -0.15) is 5.01 Å². The van der Waals surface area contributed by atoms with Crippen molar-refractivity contribution in [1.29, 1.82) is 0 Å². The third-order valence-corrected chi connectivity index (χ3v) is 7.47. The molecule has 0 saturated carbocycles. The number of fused-ring (bicyclic) bond motifs is 1. The van der Waals surface area contributed by atoms with Crippen LogP contribution in [0.4, 0.5) is 4.79 Å². The average molecular weight is 567 g/mol. The third-order valence-electron chi connectivity index (χ3n) is 6.98. The largest absolute Gasteiger partial charge is 0.334 e. The number of carbonyl (C=O) groups is 3. The SMILES string of the molecule is C#CCN1CC(=O)N2[C@@H](C(C)CC)C(=O)N(Cc3cccc(Br)c3)C[C@@H]2N1C(=O)NCc1ccccc1. The number of hydrazine groups is 1. The van der Waals surface area contributed by atoms with Crippen LogP contribution >= 0.6 is 15.9 Å². The average Bonchev–Trinajstić information content (AvgIpc) is 2.88. The zero-order chi connectivity index (χ0) is 26.5. The summed E-state index contributed by atoms with van der Waals surface area (Å²) < 4.78 is 0.921. The lowest BCUT2D eigenvalue weighted by Gasteiger charge is -2.55. The van der Waals surface area contributed by atoms with Crippen molar-refractivity contribution in [1.82, 2.24) is 25.1 Å². The highest BCUT2D eigenvalue weighted by molar-refractivity contribution is 9.10. The Morgan fingerprint density at radius 1 is 1.16 bits per heavy atom. The normalized spacial score (nSPS) is 20.9. The highest BCUT2D eigenvalue weighted by atomic mass is 79.9. The Bertz CT molecular complexity index is 1180. The highest BCUT2D eigenvalue weighted by Crippen LogP contribution is 2.31. The molecule has 4 amide bonds. The van der Waals surface area contributed by atoms with E-state index < -0.39 is 12.2 Å². The monoisotopic (exact) mass is 565 g/mol. The molecule has 2 aliphatic rings. The lowest BCUT2D eigenvalue weighted by Crippen LogP contribution is -2.77. The molecule has 2 aromatic carbocycles. The second-order valence-electron chi connectivity index (χ2n) is 9.48. The fraction of sp³-hybridized carbons (Fsp3) is 0.393. The molecule has 194 valence electrons. The second kappa shape index (κ2) is 11.8. The van der Waals surface area contributed by atoms with Crippen molar-refractivity contribution < 1.29 is 14.4 Å². The zero-order valence-corrected chi connectivity index (χ0v) is 22.7. The van der Waals surface area contributed by atoms with E-state index in [0.717, 1.165) is 15.6 Å². The van der Waals surface area contributed by atoms with E-state index in [-0.39, 0.29) is 43.4 Å². The number of hydrogen-bond donors (Lipinski definition) is 1. The van der Waals surface area contributed by atoms with Gasteiger partial charge in [0.25, 0.3) is 0 Å². The first-order valence-corrected chi connectivity index (χ1v) is 13.3. The number of nitrogens with one attached hydrogen (secondary N) is 1. The minimum absolute atomic E-state index is 0.0642. The molecule has 0 spiro atoms. The molecule has 2 aliphatic heterocycles. The maximum absolute atomic E-state index is 13.8. The molecule has 4 rings (SSSR count). The number of nitrogens with zero attached hydrogens (tertiary/aromatic N) is 4. The Morgan fingerprint density at radius 2 is 1.89 bits per heavy atom. The number of halogens is 1. The van der Waals surface area contributed by atoms with Crippen LogP contribution in [0.3, 0.4) is 0 Å². The first-order valence-electron chi connectivity index (χ1n) is 12.5. The number of carbonyl (C=O) groups excluding carboxylic acids is 3. The number of hydrogen-bond acceptors (Lipinski definition) is 4. The molecule has 9 heteroatoms. The predicted octanol–water partition coefficient (Wildman–Crippen LogP) is 3.44. The Hall–Kier alpha value is -3.35. The summed E-state index contributed by atoms with van der Waals surface area (Å²) in [6.45, 7) is 4.90. The van der Waals surface area contributed by atoms with Crippen molar-refractivity contribution in [3.63, 3.8) is 0 Å². The fourth-order valence-corrected chi connectivity index (χ4v) is 5.43. The lowest BCUT2D eigenvalue weighted by atomic mass is 9.92. The maximum Gasteiger partial charge on any atom is 0.334 e. The molecule has 2 heterocycles. The van der Waals surface area contributed by atoms with Crippen LogP contribution in [0.2, 0.25) is 0 Å². The van der Waals surface area contributed by atoms with Gasteiger partial charge >= 0.3 is 6.03 Å². The van der Waals surface area contributed by atoms with Gasteiger partial charge in [0.05, 0.1) is 19.6 Å². The van der Waals surface area contributed by atoms with Gasteiger partial charge in [-0.25, -0.2) is 9.80 Å². The third kappa shape index (κ3) is 5.81. The van der Waals surface area contributed by atoms with Crippen LogP contribution < -0.4 is 5.32 Å². The summed E-state index contributed by atoms with van der Waals surface area (Å²) >= 11 is 3.50. The molecule has 0 radical (unpaired) electrons. The number of piperazine rings is 1. The number of benzene rings is 2. The van der Waals surface area contributed by atoms with Crippen molar-refractivity contribution >= 4 is 33.8 Å². The summed E-state index contributed by atoms with van der Waals surface area (Å²) in [4.78, 5) is 44.2. The second-order valence-corrected chi connectivity index (χ2v) is 10.4. The van der Waals surface area contributed by atoms with Crippen molar-refractivity contribution in [3.8, 4) is 12.3 Å². The van der Waals surface area contributed by atoms with E-state index in [1.54, 1.807) is 19.8 Å². The number of rotatable bonds is 7. The molecule has 1 N–H and O–H groups in total. The summed E-state index contributed by atoms with van der Waals surface area (Å²) in [6.07, 6.45) is 5.66. The van der Waals surface area contributed by atoms with Crippen molar-refractivity contribution in [2.75, 3.05) is 19.6 Å². The Kier molecular flexibility index (Phi) is 8.52. The minimum Gasteiger partial charge on any atom is -0.333 e. The molecule has 37 heavy (non-hydrogen) atoms. The van der Waals surface area contributed by atoms with Crippen LogP contribution in [0.1, 0.15) is 31.4 Å². The van der Waals surface area contributed by atoms with Crippen LogP contribution in [-0.2, 0) is 22.7 Å². The molecule has 1 unspecified atom stereocenters. The van der Waals surface area contributed by atoms with Gasteiger partial charge in [-0.1, -0.05) is 84.6 Å². The van der Waals surface area contributed by atoms with Gasteiger partial charge in [0.1, 0.15) is 12.2 Å². The van der Waals surface area contributed by atoms with Crippen molar-refractivity contribution in [2.24, 2.45) is 5.92 Å². The molecule has 2 saturated heterocycles. The van der Waals surface area contributed by atoms with Crippen molar-refractivity contribution in [2.45, 2.75) is 45.6 Å². The summed E-state index contributed by atoms with van der Waals surface area (Å²) in [6, 6.07) is 16.4. The van der Waals surface area contributed by atoms with Crippen LogP contribution in [-0.4, -0.2) is 69.5 Å². The van der Waals surface area contributed by atoms with Gasteiger partial charge in [0.2, 0.25) is 11.8 Å². The molecular formula is C28H32BrN5O3. The Balaban J connectivity index is 1.67. The first-order chi connectivity index (χ1) is 17.8. The smallest absolute Gasteiger partial charge is 0.333 e. The topological polar surface area (TPSA) is 76.2 Å². The van der Waals surface area contributed by atoms with Crippen LogP contribution in [0.25, 0.3) is 0 Å². The zero-order valence-electron chi connectivity index (χ0n) is 21.1. The summed E-state index contributed by atoms with van der Waals surface area (Å²) in [5.41, 5.74) is 1.92. The van der Waals surface area contributed by atoms with E-state index in [2.05, 4.69) is 27.2 Å². The van der Waals surface area contributed by atoms with E-state index in [1.165, 1.54) is 0 Å². The van der Waals surface area contributed by atoms with Gasteiger partial charge in [0.15, 0.2) is 0 Å². The highest BCUT2D eigenvalue weighted by Gasteiger charge is 2.52. The van der Waals surface area contributed by atoms with E-state index in [9.17, 15) is 14.4 Å². The van der Waals surface area contributed by atoms with Gasteiger partial charge in [-0.15, -0.1) is 6.42 Å². The van der Waals surface area contributed by atoms with Gasteiger partial charge < -0.3 is 15.1 Å². The van der Waals surface area contributed by atoms with Crippen LogP contribution in [0, 0.1) is 18.3 Å². The molecule has 8 nitrogen and oxygen atoms in total. The quantitative estimate of drug-likeness (QED) is 0.522. The molecule has 0 aliphatic carbocycles. The molecule has 2 fully saturated rings. The first kappa shape index (κ1) is 26.7. The van der Waals surface area contributed by atoms with Crippen LogP contribution in [0.15, 0.2) is 59.1 Å². The lowest BCUT2D eigenvalue weighted by molar-refractivity contribution is -0.192. The number of amides is 4. The van der Waals surface area contributed by atoms with E-state index >= 15 is 0 Å². The summed E-state index contributed by atoms with van der Waals surface area (Å²) in [5, 5.41) is 6.12. The molecule has 2 aromatic rings. The van der Waals surface area contributed by atoms with Gasteiger partial charge in [0, 0.05) is 17.6 Å². The van der Waals surface area contributed by atoms with Gasteiger partial charge in [-0.05, 0) is 29.2 Å². The predicted molar refractivity (Wildman–Crippen MR) is 144 cm³/mol. The maximum atomic E-state index is 13.8. The minimum atomic E-state index is -0.672. The van der Waals surface area contributed by atoms with E-state index in [0.29, 0.717) is 19.5 Å². The fourth-order valence-electron chi connectivity index (χ4n) is 4.98. The molecule has 3 atom stereocenters. The number of terminal acetylenes is 1. The molecule has 0 aromatic heterocycles. The van der Waals surface area contributed by atoms with Crippen molar-refractivity contribution in [3.05, 3.63) is 70.2 Å².